The number of ether oxygens (including phenoxy) is 5. The molecule has 3 N–H and O–H groups in total. The topological polar surface area (TPSA) is 178 Å². The lowest BCUT2D eigenvalue weighted by Crippen LogP contribution is -2.64. The predicted molar refractivity (Wildman–Crippen MR) is 210 cm³/mol. The van der Waals surface area contributed by atoms with E-state index in [0.29, 0.717) is 56.9 Å². The molecule has 2 saturated carbocycles. The van der Waals surface area contributed by atoms with Crippen LogP contribution < -0.4 is 0 Å². The second-order valence-corrected chi connectivity index (χ2v) is 18.0. The number of cyclic esters (lactones) is 1. The van der Waals surface area contributed by atoms with Crippen LogP contribution in [0.3, 0.4) is 0 Å². The highest BCUT2D eigenvalue weighted by Gasteiger charge is 2.60. The number of aliphatic hydroxyl groups excluding tert-OH is 2. The molecule has 0 aromatic heterocycles. The van der Waals surface area contributed by atoms with Gasteiger partial charge >= 0.3 is 5.97 Å². The molecular weight excluding hydrogens is 734 g/mol. The van der Waals surface area contributed by atoms with Crippen molar-refractivity contribution in [2.45, 2.75) is 173 Å². The summed E-state index contributed by atoms with van der Waals surface area (Å²) in [7, 11) is 4.65. The van der Waals surface area contributed by atoms with Crippen molar-refractivity contribution < 1.29 is 58.2 Å². The summed E-state index contributed by atoms with van der Waals surface area (Å²) in [5.41, 5.74) is 1.67. The number of ketones is 2. The SMILES string of the molecule is CC[C@@H]1/C=C(\C)C[C@H](C)C[C@H](OC)[C@H]2O[C@@](O)(C(=O)C(=O)N3[C@@H]4C[C@@H]4CC[C@H]3C(=O)O[C@H](/C(C)=C/[C@@H]3CC[C@@H](O)[C@H](OC)C3)[C@H](C)[C@@H](O)CC1=O)[C@H](C)C[C@@H]2OC. The number of esters is 1. The first-order valence-corrected chi connectivity index (χ1v) is 21.3. The van der Waals surface area contributed by atoms with Gasteiger partial charge < -0.3 is 43.9 Å². The minimum absolute atomic E-state index is 0.00297. The number of piperidine rings is 1. The third-order valence-corrected chi connectivity index (χ3v) is 13.8. The zero-order valence-electron chi connectivity index (χ0n) is 35.6. The molecule has 3 heterocycles. The Morgan fingerprint density at radius 1 is 0.895 bits per heavy atom. The van der Waals surface area contributed by atoms with E-state index in [2.05, 4.69) is 6.92 Å². The molecule has 2 saturated heterocycles. The monoisotopic (exact) mass is 803 g/mol. The molecule has 0 aromatic carbocycles. The van der Waals surface area contributed by atoms with Crippen LogP contribution in [0.4, 0.5) is 0 Å². The minimum Gasteiger partial charge on any atom is -0.456 e. The van der Waals surface area contributed by atoms with E-state index >= 15 is 0 Å². The third-order valence-electron chi connectivity index (χ3n) is 13.8. The summed E-state index contributed by atoms with van der Waals surface area (Å²) < 4.78 is 29.9. The molecule has 13 heteroatoms. The summed E-state index contributed by atoms with van der Waals surface area (Å²) in [4.78, 5) is 58.4. The number of carbonyl (C=O) groups excluding carboxylic acids is 4. The Bertz CT molecular complexity index is 1510. The average Bonchev–Trinajstić information content (AvgIpc) is 3.98. The van der Waals surface area contributed by atoms with Crippen LogP contribution in [0.15, 0.2) is 23.3 Å². The minimum atomic E-state index is -2.50. The van der Waals surface area contributed by atoms with Gasteiger partial charge in [-0.2, -0.15) is 0 Å². The Hall–Kier alpha value is -2.52. The van der Waals surface area contributed by atoms with Crippen molar-refractivity contribution in [3.63, 3.8) is 0 Å². The quantitative estimate of drug-likeness (QED) is 0.195. The summed E-state index contributed by atoms with van der Waals surface area (Å²) in [5.74, 6) is -7.27. The van der Waals surface area contributed by atoms with E-state index in [1.54, 1.807) is 21.0 Å². The molecule has 13 nitrogen and oxygen atoms in total. The number of amides is 1. The maximum atomic E-state index is 14.4. The molecule has 5 rings (SSSR count). The van der Waals surface area contributed by atoms with Gasteiger partial charge in [-0.15, -0.1) is 0 Å². The van der Waals surface area contributed by atoms with Crippen LogP contribution in [0.25, 0.3) is 0 Å². The fourth-order valence-corrected chi connectivity index (χ4v) is 10.1. The van der Waals surface area contributed by atoms with E-state index in [-0.39, 0.29) is 54.9 Å². The highest BCUT2D eigenvalue weighted by molar-refractivity contribution is 6.39. The van der Waals surface area contributed by atoms with E-state index in [9.17, 15) is 34.5 Å². The standard InChI is InChI=1S/C44H69NO12/c1-10-29-16-23(2)15-24(3)17-37(54-8)40-38(55-9)19-26(5)44(52,57-40)41(49)42(50)45-31(13-12-30-21-32(30)45)43(51)56-39(27(6)34(47)22-35(29)48)25(4)18-28-11-14-33(46)36(20-28)53-7/h16,18,24,26-34,36-40,46-47,52H,10-15,17,19-22H2,1-9H3/b23-16+,25-18+/t24-,26+,27+,28-,29+,30-,31-,32+,33+,34-,36+,37-,38-,39+,40+,44+/m0/s1. The van der Waals surface area contributed by atoms with Crippen molar-refractivity contribution in [1.29, 1.82) is 0 Å². The van der Waals surface area contributed by atoms with Crippen LogP contribution in [-0.4, -0.2) is 126 Å². The largest absolute Gasteiger partial charge is 0.456 e. The van der Waals surface area contributed by atoms with Gasteiger partial charge in [0.1, 0.15) is 24.0 Å². The number of hydrogen-bond acceptors (Lipinski definition) is 12. The number of fused-ring (bicyclic) bond motifs is 5. The van der Waals surface area contributed by atoms with Gasteiger partial charge in [0, 0.05) is 51.5 Å². The fraction of sp³-hybridized carbons (Fsp3) is 0.818. The molecule has 4 fully saturated rings. The van der Waals surface area contributed by atoms with E-state index in [4.69, 9.17) is 23.7 Å². The maximum absolute atomic E-state index is 14.4. The van der Waals surface area contributed by atoms with Crippen LogP contribution in [0, 0.1) is 35.5 Å². The van der Waals surface area contributed by atoms with E-state index < -0.39 is 83.9 Å². The molecule has 0 spiro atoms. The number of carbonyl (C=O) groups is 4. The van der Waals surface area contributed by atoms with Gasteiger partial charge in [0.25, 0.3) is 11.7 Å². The van der Waals surface area contributed by atoms with Crippen molar-refractivity contribution in [2.75, 3.05) is 21.3 Å². The number of Topliss-reactive ketones (excluding diaryl/α,β-unsaturated/α-hetero) is 2. The van der Waals surface area contributed by atoms with Crippen LogP contribution in [0.5, 0.6) is 0 Å². The zero-order valence-corrected chi connectivity index (χ0v) is 35.6. The molecule has 322 valence electrons. The smallest absolute Gasteiger partial charge is 0.329 e. The molecule has 0 aromatic rings. The number of methoxy groups -OCH3 is 3. The fourth-order valence-electron chi connectivity index (χ4n) is 10.1. The molecule has 0 radical (unpaired) electrons. The van der Waals surface area contributed by atoms with Gasteiger partial charge in [-0.25, -0.2) is 4.79 Å². The van der Waals surface area contributed by atoms with Gasteiger partial charge in [-0.1, -0.05) is 45.4 Å². The highest BCUT2D eigenvalue weighted by atomic mass is 16.7. The van der Waals surface area contributed by atoms with Crippen molar-refractivity contribution in [3.8, 4) is 0 Å². The molecule has 16 atom stereocenters. The number of rotatable bonds is 6. The Balaban J connectivity index is 1.54. The first kappa shape index (κ1) is 45.6. The van der Waals surface area contributed by atoms with Crippen LogP contribution in [0.1, 0.15) is 112 Å². The first-order chi connectivity index (χ1) is 27.0. The maximum Gasteiger partial charge on any atom is 0.329 e. The summed E-state index contributed by atoms with van der Waals surface area (Å²) in [5, 5.41) is 34.2. The lowest BCUT2D eigenvalue weighted by Gasteiger charge is -2.47. The summed E-state index contributed by atoms with van der Waals surface area (Å²) in [6.07, 6.45) is 3.95. The van der Waals surface area contributed by atoms with Crippen molar-refractivity contribution in [1.82, 2.24) is 4.90 Å². The number of hydrogen-bond donors (Lipinski definition) is 3. The third kappa shape index (κ3) is 10.1. The van der Waals surface area contributed by atoms with E-state index in [1.165, 1.54) is 19.1 Å². The molecule has 3 aliphatic heterocycles. The van der Waals surface area contributed by atoms with Gasteiger partial charge in [0.15, 0.2) is 0 Å². The molecule has 2 aliphatic carbocycles. The highest BCUT2D eigenvalue weighted by Crippen LogP contribution is 2.47. The van der Waals surface area contributed by atoms with Crippen LogP contribution in [0.2, 0.25) is 0 Å². The van der Waals surface area contributed by atoms with Crippen LogP contribution >= 0.6 is 0 Å². The molecule has 0 unspecified atom stereocenters. The van der Waals surface area contributed by atoms with Gasteiger partial charge in [0.05, 0.1) is 30.5 Å². The molecule has 5 aliphatic rings. The average molecular weight is 804 g/mol. The molecule has 2 bridgehead atoms. The Kier molecular flexibility index (Phi) is 15.4. The zero-order chi connectivity index (χ0) is 41.9. The molecule has 57 heavy (non-hydrogen) atoms. The summed E-state index contributed by atoms with van der Waals surface area (Å²) >= 11 is 0. The summed E-state index contributed by atoms with van der Waals surface area (Å²) in [6.45, 7) is 11.2. The first-order valence-electron chi connectivity index (χ1n) is 21.3. The second-order valence-electron chi connectivity index (χ2n) is 18.0. The number of nitrogens with zero attached hydrogens (tertiary/aromatic N) is 1. The lowest BCUT2D eigenvalue weighted by atomic mass is 9.81. The van der Waals surface area contributed by atoms with Crippen molar-refractivity contribution >= 4 is 23.4 Å². The second kappa shape index (κ2) is 19.2. The molecule has 1 amide bonds. The van der Waals surface area contributed by atoms with Gasteiger partial charge in [-0.3, -0.25) is 14.4 Å². The Labute approximate surface area is 338 Å². The summed E-state index contributed by atoms with van der Waals surface area (Å²) in [6, 6.07) is -1.48. The van der Waals surface area contributed by atoms with Crippen molar-refractivity contribution in [3.05, 3.63) is 23.3 Å². The normalized spacial score (nSPS) is 44.2. The van der Waals surface area contributed by atoms with E-state index in [0.717, 1.165) is 5.57 Å². The number of allylic oxidation sites excluding steroid dienone is 3. The Morgan fingerprint density at radius 2 is 1.56 bits per heavy atom. The van der Waals surface area contributed by atoms with E-state index in [1.807, 2.05) is 32.9 Å². The van der Waals surface area contributed by atoms with Crippen molar-refractivity contribution in [2.24, 2.45) is 35.5 Å². The van der Waals surface area contributed by atoms with Gasteiger partial charge in [0.2, 0.25) is 5.79 Å². The molecular formula is C44H69NO12. The lowest BCUT2D eigenvalue weighted by molar-refractivity contribution is -0.302. The number of aliphatic hydroxyl groups is 3. The Morgan fingerprint density at radius 3 is 2.21 bits per heavy atom. The predicted octanol–water partition coefficient (Wildman–Crippen LogP) is 4.47. The van der Waals surface area contributed by atoms with Crippen LogP contribution in [-0.2, 0) is 42.9 Å². The van der Waals surface area contributed by atoms with Gasteiger partial charge in [-0.05, 0) is 101 Å².